The van der Waals surface area contributed by atoms with Crippen LogP contribution in [0.5, 0.6) is 5.75 Å². The number of sulfone groups is 1. The maximum Gasteiger partial charge on any atom is 0.192 e. The van der Waals surface area contributed by atoms with Crippen LogP contribution >= 0.6 is 11.6 Å². The fraction of sp³-hybridized carbons (Fsp3) is 0.143. The number of phenolic OH excluding ortho intramolecular Hbond substituents is 1. The molecule has 0 aliphatic carbocycles. The Labute approximate surface area is 80.9 Å². The van der Waals surface area contributed by atoms with Gasteiger partial charge in [-0.1, -0.05) is 0 Å². The third-order valence-electron chi connectivity index (χ3n) is 1.50. The summed E-state index contributed by atoms with van der Waals surface area (Å²) in [6.45, 7) is 0. The molecule has 0 atom stereocenters. The molecule has 6 heteroatoms. The molecule has 1 aromatic rings. The number of nitrogens with two attached hydrogens (primary N) is 1. The first-order valence-corrected chi connectivity index (χ1v) is 5.53. The standard InChI is InChI=1S/C7H8ClNO3S/c8-4-13(11,12)5-1-2-7(10)6(9)3-5/h1-3,10H,4,9H2. The molecule has 13 heavy (non-hydrogen) atoms. The molecule has 3 N–H and O–H groups in total. The van der Waals surface area contributed by atoms with Crippen LogP contribution in [0, 0.1) is 0 Å². The minimum atomic E-state index is -3.46. The highest BCUT2D eigenvalue weighted by atomic mass is 35.5. The first kappa shape index (κ1) is 10.1. The maximum atomic E-state index is 11.2. The summed E-state index contributed by atoms with van der Waals surface area (Å²) in [6, 6.07) is 3.64. The van der Waals surface area contributed by atoms with Crippen LogP contribution in [0.4, 0.5) is 5.69 Å². The quantitative estimate of drug-likeness (QED) is 0.443. The lowest BCUT2D eigenvalue weighted by atomic mass is 10.3. The van der Waals surface area contributed by atoms with Gasteiger partial charge in [-0.05, 0) is 18.2 Å². The van der Waals surface area contributed by atoms with Gasteiger partial charge in [-0.2, -0.15) is 0 Å². The summed E-state index contributed by atoms with van der Waals surface area (Å²) >= 11 is 5.23. The number of halogens is 1. The molecule has 4 nitrogen and oxygen atoms in total. The molecule has 0 heterocycles. The van der Waals surface area contributed by atoms with Crippen LogP contribution in [-0.4, -0.2) is 18.7 Å². The van der Waals surface area contributed by atoms with Crippen molar-refractivity contribution >= 4 is 27.1 Å². The van der Waals surface area contributed by atoms with Gasteiger partial charge >= 0.3 is 0 Å². The first-order chi connectivity index (χ1) is 5.97. The van der Waals surface area contributed by atoms with Crippen molar-refractivity contribution in [3.8, 4) is 5.75 Å². The van der Waals surface area contributed by atoms with Gasteiger partial charge in [-0.15, -0.1) is 11.6 Å². The van der Waals surface area contributed by atoms with E-state index in [0.717, 1.165) is 0 Å². The molecule has 0 spiro atoms. The maximum absolute atomic E-state index is 11.2. The second-order valence-electron chi connectivity index (χ2n) is 2.44. The smallest absolute Gasteiger partial charge is 0.192 e. The van der Waals surface area contributed by atoms with Crippen molar-refractivity contribution in [3.05, 3.63) is 18.2 Å². The Balaban J connectivity index is 3.27. The summed E-state index contributed by atoms with van der Waals surface area (Å²) < 4.78 is 22.4. The van der Waals surface area contributed by atoms with Crippen LogP contribution in [-0.2, 0) is 9.84 Å². The number of hydrogen-bond donors (Lipinski definition) is 2. The lowest BCUT2D eigenvalue weighted by molar-refractivity contribution is 0.477. The molecule has 0 unspecified atom stereocenters. The second-order valence-corrected chi connectivity index (χ2v) is 5.02. The highest BCUT2D eigenvalue weighted by Gasteiger charge is 2.13. The van der Waals surface area contributed by atoms with Gasteiger partial charge in [-0.25, -0.2) is 8.42 Å². The van der Waals surface area contributed by atoms with Gasteiger partial charge < -0.3 is 10.8 Å². The normalized spacial score (nSPS) is 11.5. The Morgan fingerprint density at radius 1 is 1.46 bits per heavy atom. The molecule has 0 aromatic heterocycles. The summed E-state index contributed by atoms with van der Waals surface area (Å²) in [6.07, 6.45) is 0. The van der Waals surface area contributed by atoms with E-state index in [1.165, 1.54) is 18.2 Å². The summed E-state index contributed by atoms with van der Waals surface area (Å²) in [4.78, 5) is 0.0119. The van der Waals surface area contributed by atoms with Gasteiger partial charge in [-0.3, -0.25) is 0 Å². The molecular formula is C7H8ClNO3S. The van der Waals surface area contributed by atoms with E-state index in [4.69, 9.17) is 22.4 Å². The number of rotatable bonds is 2. The molecule has 1 rings (SSSR count). The molecular weight excluding hydrogens is 214 g/mol. The summed E-state index contributed by atoms with van der Waals surface area (Å²) in [5.74, 6) is -0.145. The molecule has 0 aliphatic rings. The van der Waals surface area contributed by atoms with Gasteiger partial charge in [0.1, 0.15) is 11.0 Å². The zero-order valence-electron chi connectivity index (χ0n) is 6.57. The lowest BCUT2D eigenvalue weighted by Gasteiger charge is -2.02. The van der Waals surface area contributed by atoms with Crippen LogP contribution < -0.4 is 5.73 Å². The van der Waals surface area contributed by atoms with Crippen LogP contribution in [0.2, 0.25) is 0 Å². The van der Waals surface area contributed by atoms with Crippen LogP contribution in [0.25, 0.3) is 0 Å². The fourth-order valence-corrected chi connectivity index (χ4v) is 1.87. The molecule has 0 saturated carbocycles. The highest BCUT2D eigenvalue weighted by Crippen LogP contribution is 2.23. The number of alkyl halides is 1. The fourth-order valence-electron chi connectivity index (χ4n) is 0.789. The number of anilines is 1. The Morgan fingerprint density at radius 2 is 2.08 bits per heavy atom. The zero-order chi connectivity index (χ0) is 10.1. The van der Waals surface area contributed by atoms with E-state index in [9.17, 15) is 8.42 Å². The van der Waals surface area contributed by atoms with Gasteiger partial charge in [0.25, 0.3) is 0 Å². The van der Waals surface area contributed by atoms with Gasteiger partial charge in [0.15, 0.2) is 9.84 Å². The third-order valence-corrected chi connectivity index (χ3v) is 3.62. The average Bonchev–Trinajstić information content (AvgIpc) is 2.09. The largest absolute Gasteiger partial charge is 0.506 e. The first-order valence-electron chi connectivity index (χ1n) is 3.34. The Bertz CT molecular complexity index is 416. The van der Waals surface area contributed by atoms with Gasteiger partial charge in [0, 0.05) is 0 Å². The summed E-state index contributed by atoms with van der Waals surface area (Å²) in [5.41, 5.74) is 5.33. The summed E-state index contributed by atoms with van der Waals surface area (Å²) in [5, 5.41) is 8.53. The van der Waals surface area contributed by atoms with Crippen molar-refractivity contribution in [3.63, 3.8) is 0 Å². The average molecular weight is 222 g/mol. The molecule has 0 amide bonds. The number of phenols is 1. The van der Waals surface area contributed by atoms with E-state index in [-0.39, 0.29) is 16.3 Å². The monoisotopic (exact) mass is 221 g/mol. The summed E-state index contributed by atoms with van der Waals surface area (Å²) in [7, 11) is -3.46. The zero-order valence-corrected chi connectivity index (χ0v) is 8.14. The molecule has 1 aromatic carbocycles. The minimum absolute atomic E-state index is 0.0119. The Hall–Kier alpha value is -0.940. The van der Waals surface area contributed by atoms with Crippen LogP contribution in [0.15, 0.2) is 23.1 Å². The van der Waals surface area contributed by atoms with E-state index >= 15 is 0 Å². The molecule has 0 radical (unpaired) electrons. The minimum Gasteiger partial charge on any atom is -0.506 e. The molecule has 0 fully saturated rings. The topological polar surface area (TPSA) is 80.4 Å². The van der Waals surface area contributed by atoms with Crippen molar-refractivity contribution in [2.24, 2.45) is 0 Å². The molecule has 72 valence electrons. The van der Waals surface area contributed by atoms with Crippen molar-refractivity contribution in [1.82, 2.24) is 0 Å². The number of benzene rings is 1. The molecule has 0 bridgehead atoms. The number of aromatic hydroxyl groups is 1. The van der Waals surface area contributed by atoms with E-state index in [1.54, 1.807) is 0 Å². The van der Waals surface area contributed by atoms with Crippen LogP contribution in [0.1, 0.15) is 0 Å². The van der Waals surface area contributed by atoms with E-state index in [2.05, 4.69) is 0 Å². The highest BCUT2D eigenvalue weighted by molar-refractivity contribution is 7.92. The second kappa shape index (κ2) is 3.43. The molecule has 0 aliphatic heterocycles. The van der Waals surface area contributed by atoms with Crippen molar-refractivity contribution in [1.29, 1.82) is 0 Å². The van der Waals surface area contributed by atoms with Crippen LogP contribution in [0.3, 0.4) is 0 Å². The number of hydrogen-bond acceptors (Lipinski definition) is 4. The Morgan fingerprint density at radius 3 is 2.54 bits per heavy atom. The third kappa shape index (κ3) is 2.05. The van der Waals surface area contributed by atoms with Gasteiger partial charge in [0.05, 0.1) is 10.6 Å². The predicted molar refractivity (Wildman–Crippen MR) is 50.4 cm³/mol. The van der Waals surface area contributed by atoms with Crippen molar-refractivity contribution < 1.29 is 13.5 Å². The predicted octanol–water partition coefficient (Wildman–Crippen LogP) is 0.944. The Kier molecular flexibility index (Phi) is 2.68. The van der Waals surface area contributed by atoms with E-state index < -0.39 is 15.0 Å². The van der Waals surface area contributed by atoms with Gasteiger partial charge in [0.2, 0.25) is 0 Å². The molecule has 0 saturated heterocycles. The van der Waals surface area contributed by atoms with E-state index in [0.29, 0.717) is 0 Å². The SMILES string of the molecule is Nc1cc(S(=O)(=O)CCl)ccc1O. The number of nitrogen functional groups attached to an aromatic ring is 1. The van der Waals surface area contributed by atoms with Crippen molar-refractivity contribution in [2.75, 3.05) is 10.9 Å². The lowest BCUT2D eigenvalue weighted by Crippen LogP contribution is -2.02. The van der Waals surface area contributed by atoms with E-state index in [1.807, 2.05) is 0 Å². The van der Waals surface area contributed by atoms with Crippen molar-refractivity contribution in [2.45, 2.75) is 4.90 Å².